The van der Waals surface area contributed by atoms with Crippen LogP contribution in [-0.4, -0.2) is 25.0 Å². The summed E-state index contributed by atoms with van der Waals surface area (Å²) in [5, 5.41) is 7.42. The number of hydrogen-bond acceptors (Lipinski definition) is 6. The number of nitrogens with zero attached hydrogens (tertiary/aromatic N) is 1. The van der Waals surface area contributed by atoms with Crippen LogP contribution in [-0.2, 0) is 21.9 Å². The Hall–Kier alpha value is -5.44. The summed E-state index contributed by atoms with van der Waals surface area (Å²) in [7, 11) is 1.46. The van der Waals surface area contributed by atoms with E-state index in [1.807, 2.05) is 25.2 Å². The number of urea groups is 1. The quantitative estimate of drug-likeness (QED) is 0.125. The molecule has 0 saturated carbocycles. The third-order valence-electron chi connectivity index (χ3n) is 7.11. The highest BCUT2D eigenvalue weighted by Gasteiger charge is 2.41. The van der Waals surface area contributed by atoms with Gasteiger partial charge in [0.15, 0.2) is 0 Å². The molecule has 0 unspecified atom stereocenters. The molecule has 0 saturated heterocycles. The second-order valence-electron chi connectivity index (χ2n) is 10.8. The van der Waals surface area contributed by atoms with Crippen LogP contribution in [0.5, 0.6) is 5.75 Å². The predicted octanol–water partition coefficient (Wildman–Crippen LogP) is 8.98. The van der Waals surface area contributed by atoms with Crippen molar-refractivity contribution < 1.29 is 45.5 Å². The molecule has 0 aromatic heterocycles. The summed E-state index contributed by atoms with van der Waals surface area (Å²) in [5.74, 6) is -0.848. The minimum absolute atomic E-state index is 0.0133. The van der Waals surface area contributed by atoms with Crippen molar-refractivity contribution in [3.8, 4) is 5.75 Å². The zero-order valence-corrected chi connectivity index (χ0v) is 26.7. The van der Waals surface area contributed by atoms with Gasteiger partial charge < -0.3 is 20.7 Å². The molecule has 0 spiro atoms. The van der Waals surface area contributed by atoms with Gasteiger partial charge in [-0.2, -0.15) is 26.3 Å². The number of aryl methyl sites for hydroxylation is 2. The molecular weight excluding hydrogens is 674 g/mol. The maximum absolute atomic E-state index is 13.8. The van der Waals surface area contributed by atoms with Crippen molar-refractivity contribution in [3.63, 3.8) is 0 Å². The van der Waals surface area contributed by atoms with Crippen LogP contribution < -0.4 is 25.6 Å². The second kappa shape index (κ2) is 13.6. The first-order chi connectivity index (χ1) is 23.0. The van der Waals surface area contributed by atoms with E-state index in [-0.39, 0.29) is 22.4 Å². The van der Waals surface area contributed by atoms with Gasteiger partial charge in [-0.15, -0.1) is 0 Å². The molecule has 15 heteroatoms. The number of alkyl halides is 6. The Morgan fingerprint density at radius 2 is 1.35 bits per heavy atom. The lowest BCUT2D eigenvalue weighted by atomic mass is 10.1. The van der Waals surface area contributed by atoms with Crippen molar-refractivity contribution in [2.45, 2.75) is 31.1 Å². The fourth-order valence-corrected chi connectivity index (χ4v) is 5.76. The van der Waals surface area contributed by atoms with E-state index in [4.69, 9.17) is 4.74 Å². The summed E-state index contributed by atoms with van der Waals surface area (Å²) in [5.41, 5.74) is -1.34. The molecule has 8 nitrogen and oxygen atoms in total. The molecule has 254 valence electrons. The number of hydrogen-bond donors (Lipinski definition) is 3. The number of benzene rings is 4. The van der Waals surface area contributed by atoms with Crippen LogP contribution in [0.15, 0.2) is 100 Å². The molecule has 0 aliphatic carbocycles. The number of thioether (sulfide) groups is 1. The number of anilines is 4. The third kappa shape index (κ3) is 8.00. The van der Waals surface area contributed by atoms with Gasteiger partial charge in [-0.05, 0) is 80.1 Å². The number of methoxy groups -OCH3 is 1. The monoisotopic (exact) mass is 700 g/mol. The highest BCUT2D eigenvalue weighted by atomic mass is 32.2. The third-order valence-corrected chi connectivity index (χ3v) is 8.18. The van der Waals surface area contributed by atoms with E-state index < -0.39 is 47.0 Å². The van der Waals surface area contributed by atoms with Gasteiger partial charge in [0.25, 0.3) is 11.8 Å². The fraction of sp³-hybridized carbons (Fsp3) is 0.147. The van der Waals surface area contributed by atoms with Gasteiger partial charge in [0.05, 0.1) is 29.6 Å². The van der Waals surface area contributed by atoms with Gasteiger partial charge in [-0.25, -0.2) is 9.69 Å². The van der Waals surface area contributed by atoms with E-state index >= 15 is 0 Å². The Balaban J connectivity index is 1.43. The number of nitrogens with one attached hydrogen (secondary N) is 3. The van der Waals surface area contributed by atoms with E-state index in [9.17, 15) is 40.7 Å². The van der Waals surface area contributed by atoms with E-state index in [2.05, 4.69) is 10.6 Å². The van der Waals surface area contributed by atoms with Gasteiger partial charge in [0.2, 0.25) is 0 Å². The average Bonchev–Trinajstić information content (AvgIpc) is 3.24. The maximum atomic E-state index is 13.8. The molecule has 1 heterocycles. The first-order valence-electron chi connectivity index (χ1n) is 14.3. The van der Waals surface area contributed by atoms with Crippen LogP contribution in [0.25, 0.3) is 0 Å². The molecular formula is C34H26F6N4O4S. The minimum Gasteiger partial charge on any atom is -0.495 e. The Morgan fingerprint density at radius 3 is 1.96 bits per heavy atom. The van der Waals surface area contributed by atoms with Crippen molar-refractivity contribution in [1.82, 2.24) is 0 Å². The van der Waals surface area contributed by atoms with Gasteiger partial charge in [0.1, 0.15) is 16.4 Å². The molecule has 4 aromatic rings. The maximum Gasteiger partial charge on any atom is 0.416 e. The average molecular weight is 701 g/mol. The summed E-state index contributed by atoms with van der Waals surface area (Å²) in [4.78, 5) is 41.7. The Bertz CT molecular complexity index is 1940. The number of amides is 4. The van der Waals surface area contributed by atoms with Crippen molar-refractivity contribution >= 4 is 52.4 Å². The van der Waals surface area contributed by atoms with Crippen molar-refractivity contribution in [2.24, 2.45) is 0 Å². The second-order valence-corrected chi connectivity index (χ2v) is 11.9. The molecule has 0 fully saturated rings. The molecule has 4 amide bonds. The topological polar surface area (TPSA) is 99.8 Å². The van der Waals surface area contributed by atoms with Crippen molar-refractivity contribution in [1.29, 1.82) is 0 Å². The van der Waals surface area contributed by atoms with Crippen LogP contribution >= 0.6 is 11.8 Å². The Labute approximate surface area is 280 Å². The van der Waals surface area contributed by atoms with Gasteiger partial charge >= 0.3 is 18.4 Å². The van der Waals surface area contributed by atoms with Crippen LogP contribution in [0, 0.1) is 13.8 Å². The summed E-state index contributed by atoms with van der Waals surface area (Å²) >= 11 is 0.907. The summed E-state index contributed by atoms with van der Waals surface area (Å²) in [6.07, 6.45) is -10.2. The summed E-state index contributed by atoms with van der Waals surface area (Å²) in [6, 6.07) is 17.5. The molecule has 1 aliphatic rings. The normalized spacial score (nSPS) is 13.5. The number of carbonyl (C=O) groups is 3. The molecule has 1 aliphatic heterocycles. The number of imide groups is 1. The summed E-state index contributed by atoms with van der Waals surface area (Å²) in [6.45, 7) is 3.69. The van der Waals surface area contributed by atoms with Crippen LogP contribution in [0.4, 0.5) is 53.9 Å². The van der Waals surface area contributed by atoms with Crippen molar-refractivity contribution in [2.75, 3.05) is 28.0 Å². The van der Waals surface area contributed by atoms with E-state index in [1.54, 1.807) is 42.5 Å². The lowest BCUT2D eigenvalue weighted by Gasteiger charge is -2.16. The predicted molar refractivity (Wildman–Crippen MR) is 173 cm³/mol. The van der Waals surface area contributed by atoms with Gasteiger partial charge in [0, 0.05) is 16.3 Å². The first-order valence-corrected chi connectivity index (χ1v) is 15.1. The molecule has 49 heavy (non-hydrogen) atoms. The number of rotatable bonds is 8. The number of ether oxygens (including phenoxy) is 1. The molecule has 5 rings (SSSR count). The Kier molecular flexibility index (Phi) is 9.67. The molecule has 0 bridgehead atoms. The zero-order chi connectivity index (χ0) is 35.7. The van der Waals surface area contributed by atoms with Gasteiger partial charge in [-0.1, -0.05) is 41.6 Å². The van der Waals surface area contributed by atoms with Crippen molar-refractivity contribution in [3.05, 3.63) is 118 Å². The Morgan fingerprint density at radius 1 is 0.735 bits per heavy atom. The van der Waals surface area contributed by atoms with Crippen LogP contribution in [0.3, 0.4) is 0 Å². The van der Waals surface area contributed by atoms with Crippen LogP contribution in [0.2, 0.25) is 0 Å². The smallest absolute Gasteiger partial charge is 0.416 e. The van der Waals surface area contributed by atoms with Gasteiger partial charge in [-0.3, -0.25) is 9.59 Å². The highest BCUT2D eigenvalue weighted by Crippen LogP contribution is 2.40. The molecule has 0 radical (unpaired) electrons. The minimum atomic E-state index is -5.10. The highest BCUT2D eigenvalue weighted by molar-refractivity contribution is 8.04. The van der Waals surface area contributed by atoms with E-state index in [0.29, 0.717) is 34.2 Å². The molecule has 0 atom stereocenters. The van der Waals surface area contributed by atoms with E-state index in [0.717, 1.165) is 27.8 Å². The van der Waals surface area contributed by atoms with Crippen LogP contribution in [0.1, 0.15) is 22.3 Å². The largest absolute Gasteiger partial charge is 0.495 e. The molecule has 4 aromatic carbocycles. The lowest BCUT2D eigenvalue weighted by molar-refractivity contribution is -0.143. The zero-order valence-electron chi connectivity index (χ0n) is 25.8. The fourth-order valence-electron chi connectivity index (χ4n) is 4.77. The number of carbonyl (C=O) groups excluding carboxylic acids is 3. The summed E-state index contributed by atoms with van der Waals surface area (Å²) < 4.78 is 85.0. The first kappa shape index (κ1) is 34.9. The standard InChI is InChI=1S/C34H26F6N4O4S/c1-18-7-10-24(11-8-18)44-30(45)28(43-26-13-19(2)9-12-27(26)48-3)29(31(44)46)49-25-6-4-5-22(17-25)41-32(47)42-23-15-20(33(35,36)37)14-21(16-23)34(38,39)40/h4-17,43H,1-3H3,(H2,41,42,47). The molecule has 3 N–H and O–H groups in total. The number of halogens is 6. The van der Waals surface area contributed by atoms with E-state index in [1.165, 1.54) is 25.3 Å². The SMILES string of the molecule is COc1ccc(C)cc1NC1=C(Sc2cccc(NC(=O)Nc3cc(C(F)(F)F)cc(C(F)(F)F)c3)c2)C(=O)N(c2ccc(C)cc2)C1=O. The lowest BCUT2D eigenvalue weighted by Crippen LogP contribution is -2.32.